The van der Waals surface area contributed by atoms with E-state index in [4.69, 9.17) is 22.5 Å². The second-order valence-corrected chi connectivity index (χ2v) is 7.16. The molecule has 0 saturated heterocycles. The van der Waals surface area contributed by atoms with Crippen LogP contribution in [-0.2, 0) is 4.79 Å². The van der Waals surface area contributed by atoms with Crippen LogP contribution in [0.2, 0.25) is 4.34 Å². The molecule has 1 aromatic rings. The molecule has 110 valence electrons. The predicted octanol–water partition coefficient (Wildman–Crippen LogP) is 2.74. The number of oxime groups is 1. The Morgan fingerprint density at radius 2 is 2.30 bits per heavy atom. The van der Waals surface area contributed by atoms with Crippen molar-refractivity contribution < 1.29 is 10.0 Å². The maximum absolute atomic E-state index is 12.5. The number of hydrogen-bond acceptors (Lipinski definition) is 4. The van der Waals surface area contributed by atoms with Gasteiger partial charge in [-0.25, -0.2) is 0 Å². The highest BCUT2D eigenvalue weighted by molar-refractivity contribution is 7.16. The van der Waals surface area contributed by atoms with Crippen LogP contribution in [0.5, 0.6) is 0 Å². The normalized spacial score (nSPS) is 27.8. The Bertz CT molecular complexity index is 537. The first-order valence-corrected chi connectivity index (χ1v) is 7.62. The minimum Gasteiger partial charge on any atom is -0.409 e. The van der Waals surface area contributed by atoms with Gasteiger partial charge in [0.05, 0.1) is 10.4 Å². The van der Waals surface area contributed by atoms with E-state index < -0.39 is 5.41 Å². The van der Waals surface area contributed by atoms with Crippen molar-refractivity contribution in [2.45, 2.75) is 32.7 Å². The lowest BCUT2D eigenvalue weighted by Gasteiger charge is -2.44. The van der Waals surface area contributed by atoms with Crippen molar-refractivity contribution >= 4 is 34.7 Å². The lowest BCUT2D eigenvalue weighted by molar-refractivity contribution is -0.133. The van der Waals surface area contributed by atoms with Crippen molar-refractivity contribution in [2.75, 3.05) is 0 Å². The molecule has 0 spiro atoms. The standard InChI is InChI=1S/C13H18ClN3O2S/c1-7-5-13(6-7,11(15)17-19)12(18)16-8(2)9-3-4-10(14)20-9/h3-4,7-8,19H,5-6H2,1-2H3,(H2,15,17)(H,16,18). The second kappa shape index (κ2) is 5.61. The number of carbonyl (C=O) groups is 1. The molecule has 1 fully saturated rings. The summed E-state index contributed by atoms with van der Waals surface area (Å²) in [5.41, 5.74) is 4.84. The number of halogens is 1. The molecule has 1 amide bonds. The quantitative estimate of drug-likeness (QED) is 0.345. The number of nitrogens with one attached hydrogen (secondary N) is 1. The average Bonchev–Trinajstić information content (AvgIpc) is 2.80. The first-order chi connectivity index (χ1) is 9.39. The fraction of sp³-hybridized carbons (Fsp3) is 0.538. The Morgan fingerprint density at radius 3 is 2.75 bits per heavy atom. The molecule has 0 aliphatic heterocycles. The predicted molar refractivity (Wildman–Crippen MR) is 80.1 cm³/mol. The largest absolute Gasteiger partial charge is 0.409 e. The number of carbonyl (C=O) groups excluding carboxylic acids is 1. The highest BCUT2D eigenvalue weighted by Gasteiger charge is 2.52. The topological polar surface area (TPSA) is 87.7 Å². The second-order valence-electron chi connectivity index (χ2n) is 5.42. The first-order valence-electron chi connectivity index (χ1n) is 6.43. The SMILES string of the molecule is CC1CC(C(=O)NC(C)c2ccc(Cl)s2)(/C(N)=N/O)C1. The third-order valence-electron chi connectivity index (χ3n) is 3.79. The van der Waals surface area contributed by atoms with Crippen molar-refractivity contribution in [3.8, 4) is 0 Å². The molecule has 4 N–H and O–H groups in total. The zero-order valence-electron chi connectivity index (χ0n) is 11.4. The summed E-state index contributed by atoms with van der Waals surface area (Å²) < 4.78 is 0.685. The minimum absolute atomic E-state index is 0.00971. The molecule has 0 bridgehead atoms. The maximum Gasteiger partial charge on any atom is 0.234 e. The highest BCUT2D eigenvalue weighted by atomic mass is 35.5. The summed E-state index contributed by atoms with van der Waals surface area (Å²) >= 11 is 7.32. The molecule has 5 nitrogen and oxygen atoms in total. The molecule has 1 saturated carbocycles. The monoisotopic (exact) mass is 315 g/mol. The summed E-state index contributed by atoms with van der Waals surface area (Å²) in [6.07, 6.45) is 1.21. The van der Waals surface area contributed by atoms with Crippen LogP contribution in [0.25, 0.3) is 0 Å². The first kappa shape index (κ1) is 15.1. The van der Waals surface area contributed by atoms with Gasteiger partial charge in [0, 0.05) is 4.88 Å². The lowest BCUT2D eigenvalue weighted by atomic mass is 9.61. The Balaban J connectivity index is 2.10. The fourth-order valence-electron chi connectivity index (χ4n) is 2.70. The number of nitrogens with two attached hydrogens (primary N) is 1. The molecule has 0 aromatic carbocycles. The molecule has 1 aromatic heterocycles. The van der Waals surface area contributed by atoms with Crippen molar-refractivity contribution in [1.29, 1.82) is 0 Å². The number of amidine groups is 1. The van der Waals surface area contributed by atoms with Gasteiger partial charge in [0.2, 0.25) is 5.91 Å². The van der Waals surface area contributed by atoms with Crippen LogP contribution in [0.3, 0.4) is 0 Å². The summed E-state index contributed by atoms with van der Waals surface area (Å²) in [5, 5.41) is 14.9. The van der Waals surface area contributed by atoms with Gasteiger partial charge in [0.25, 0.3) is 0 Å². The maximum atomic E-state index is 12.5. The molecule has 7 heteroatoms. The van der Waals surface area contributed by atoms with Gasteiger partial charge in [-0.15, -0.1) is 11.3 Å². The number of thiophene rings is 1. The van der Waals surface area contributed by atoms with Crippen LogP contribution >= 0.6 is 22.9 Å². The molecule has 1 aliphatic rings. The van der Waals surface area contributed by atoms with E-state index in [1.54, 1.807) is 6.07 Å². The van der Waals surface area contributed by atoms with E-state index in [0.717, 1.165) is 4.88 Å². The Labute approximate surface area is 126 Å². The van der Waals surface area contributed by atoms with Gasteiger partial charge in [0.1, 0.15) is 5.41 Å². The molecule has 0 radical (unpaired) electrons. The van der Waals surface area contributed by atoms with Gasteiger partial charge < -0.3 is 16.3 Å². The third-order valence-corrected chi connectivity index (χ3v) is 5.21. The van der Waals surface area contributed by atoms with E-state index in [1.807, 2.05) is 19.9 Å². The molecule has 1 unspecified atom stereocenters. The van der Waals surface area contributed by atoms with Crippen molar-refractivity contribution in [1.82, 2.24) is 5.32 Å². The van der Waals surface area contributed by atoms with Gasteiger partial charge >= 0.3 is 0 Å². The molecular weight excluding hydrogens is 298 g/mol. The number of nitrogens with zero attached hydrogens (tertiary/aromatic N) is 1. The van der Waals surface area contributed by atoms with E-state index in [9.17, 15) is 4.79 Å². The third kappa shape index (κ3) is 2.62. The number of rotatable bonds is 4. The zero-order valence-corrected chi connectivity index (χ0v) is 13.0. The van der Waals surface area contributed by atoms with E-state index >= 15 is 0 Å². The van der Waals surface area contributed by atoms with Gasteiger partial charge in [-0.3, -0.25) is 4.79 Å². The highest BCUT2D eigenvalue weighted by Crippen LogP contribution is 2.46. The summed E-state index contributed by atoms with van der Waals surface area (Å²) in [6, 6.07) is 3.53. The lowest BCUT2D eigenvalue weighted by Crippen LogP contribution is -2.57. The summed E-state index contributed by atoms with van der Waals surface area (Å²) in [6.45, 7) is 3.93. The average molecular weight is 316 g/mol. The summed E-state index contributed by atoms with van der Waals surface area (Å²) in [5.74, 6) is 0.194. The van der Waals surface area contributed by atoms with Gasteiger partial charge in [-0.1, -0.05) is 23.7 Å². The molecule has 2 rings (SSSR count). The Hall–Kier alpha value is -1.27. The van der Waals surface area contributed by atoms with Crippen LogP contribution in [0.4, 0.5) is 0 Å². The van der Waals surface area contributed by atoms with E-state index in [-0.39, 0.29) is 17.8 Å². The molecule has 20 heavy (non-hydrogen) atoms. The smallest absolute Gasteiger partial charge is 0.234 e. The van der Waals surface area contributed by atoms with Crippen LogP contribution in [0.15, 0.2) is 17.3 Å². The van der Waals surface area contributed by atoms with Crippen molar-refractivity contribution in [3.63, 3.8) is 0 Å². The Morgan fingerprint density at radius 1 is 1.65 bits per heavy atom. The van der Waals surface area contributed by atoms with E-state index in [2.05, 4.69) is 10.5 Å². The molecule has 1 atom stereocenters. The van der Waals surface area contributed by atoms with E-state index in [0.29, 0.717) is 23.1 Å². The van der Waals surface area contributed by atoms with Crippen molar-refractivity contribution in [3.05, 3.63) is 21.3 Å². The Kier molecular flexibility index (Phi) is 4.25. The minimum atomic E-state index is -0.872. The molecule has 1 heterocycles. The molecule has 1 aliphatic carbocycles. The van der Waals surface area contributed by atoms with Gasteiger partial charge in [-0.2, -0.15) is 0 Å². The van der Waals surface area contributed by atoms with Crippen molar-refractivity contribution in [2.24, 2.45) is 22.2 Å². The van der Waals surface area contributed by atoms with E-state index in [1.165, 1.54) is 11.3 Å². The zero-order chi connectivity index (χ0) is 14.9. The molecular formula is C13H18ClN3O2S. The number of hydrogen-bond donors (Lipinski definition) is 3. The van der Waals surface area contributed by atoms with Gasteiger partial charge in [-0.05, 0) is 37.8 Å². The fourth-order valence-corrected chi connectivity index (χ4v) is 3.77. The van der Waals surface area contributed by atoms with Gasteiger partial charge in [0.15, 0.2) is 5.84 Å². The number of amides is 1. The van der Waals surface area contributed by atoms with Crippen LogP contribution in [0, 0.1) is 11.3 Å². The van der Waals surface area contributed by atoms with Crippen LogP contribution < -0.4 is 11.1 Å². The summed E-state index contributed by atoms with van der Waals surface area (Å²) in [7, 11) is 0. The summed E-state index contributed by atoms with van der Waals surface area (Å²) in [4.78, 5) is 13.4. The van der Waals surface area contributed by atoms with Crippen LogP contribution in [-0.4, -0.2) is 17.0 Å². The van der Waals surface area contributed by atoms with Crippen LogP contribution in [0.1, 0.15) is 37.6 Å².